The molecule has 0 aliphatic carbocycles. The number of rotatable bonds is 2. The largest absolute Gasteiger partial charge is 0.390 e. The van der Waals surface area contributed by atoms with Crippen LogP contribution in [0.4, 0.5) is 0 Å². The molecule has 0 amide bonds. The van der Waals surface area contributed by atoms with Crippen molar-refractivity contribution in [3.05, 3.63) is 53.3 Å². The van der Waals surface area contributed by atoms with Crippen LogP contribution in [0.5, 0.6) is 0 Å². The monoisotopic (exact) mass is 219 g/mol. The molecule has 1 N–H and O–H groups in total. The summed E-state index contributed by atoms with van der Waals surface area (Å²) in [5, 5.41) is 9.58. The number of aliphatic hydroxyl groups is 1. The van der Waals surface area contributed by atoms with Gasteiger partial charge in [0.2, 0.25) is 0 Å². The molecule has 1 heterocycles. The first-order chi connectivity index (χ1) is 7.31. The molecule has 0 atom stereocenters. The average Bonchev–Trinajstić information content (AvgIpc) is 2.30. The van der Waals surface area contributed by atoms with Gasteiger partial charge < -0.3 is 5.11 Å². The van der Waals surface area contributed by atoms with Crippen molar-refractivity contribution in [3.63, 3.8) is 0 Å². The van der Waals surface area contributed by atoms with Gasteiger partial charge in [0.1, 0.15) is 5.15 Å². The van der Waals surface area contributed by atoms with E-state index in [4.69, 9.17) is 11.6 Å². The van der Waals surface area contributed by atoms with Gasteiger partial charge in [-0.2, -0.15) is 0 Å². The van der Waals surface area contributed by atoms with Crippen molar-refractivity contribution >= 4 is 11.6 Å². The molecule has 0 aliphatic rings. The molecule has 0 saturated carbocycles. The van der Waals surface area contributed by atoms with Crippen molar-refractivity contribution in [2.45, 2.75) is 6.61 Å². The molecule has 3 heteroatoms. The van der Waals surface area contributed by atoms with Crippen LogP contribution in [0.15, 0.2) is 42.5 Å². The van der Waals surface area contributed by atoms with E-state index in [0.29, 0.717) is 10.8 Å². The van der Waals surface area contributed by atoms with E-state index in [1.54, 1.807) is 6.07 Å². The topological polar surface area (TPSA) is 33.1 Å². The third kappa shape index (κ3) is 2.17. The molecule has 0 spiro atoms. The second kappa shape index (κ2) is 4.43. The molecule has 0 fully saturated rings. The third-order valence-corrected chi connectivity index (χ3v) is 2.39. The number of pyridine rings is 1. The highest BCUT2D eigenvalue weighted by Crippen LogP contribution is 2.23. The first-order valence-corrected chi connectivity index (χ1v) is 5.01. The fourth-order valence-electron chi connectivity index (χ4n) is 1.48. The standard InChI is InChI=1S/C12H10ClNO/c13-12-7-6-10(11(8-15)14-12)9-4-2-1-3-5-9/h1-7,15H,8H2. The molecule has 2 nitrogen and oxygen atoms in total. The Morgan fingerprint density at radius 3 is 2.47 bits per heavy atom. The summed E-state index contributed by atoms with van der Waals surface area (Å²) < 4.78 is 0. The Hall–Kier alpha value is -1.38. The van der Waals surface area contributed by atoms with Gasteiger partial charge in [-0.25, -0.2) is 4.98 Å². The summed E-state index contributed by atoms with van der Waals surface area (Å²) in [5.74, 6) is 0. The quantitative estimate of drug-likeness (QED) is 0.788. The molecule has 1 aromatic heterocycles. The molecular formula is C12H10ClNO. The van der Waals surface area contributed by atoms with Crippen LogP contribution in [-0.4, -0.2) is 10.1 Å². The molecule has 0 bridgehead atoms. The zero-order valence-corrected chi connectivity index (χ0v) is 8.78. The van der Waals surface area contributed by atoms with E-state index in [1.807, 2.05) is 36.4 Å². The second-order valence-corrected chi connectivity index (χ2v) is 3.54. The number of hydrogen-bond acceptors (Lipinski definition) is 2. The molecule has 76 valence electrons. The SMILES string of the molecule is OCc1nc(Cl)ccc1-c1ccccc1. The van der Waals surface area contributed by atoms with E-state index < -0.39 is 0 Å². The van der Waals surface area contributed by atoms with Crippen LogP contribution in [0.2, 0.25) is 5.15 Å². The summed E-state index contributed by atoms with van der Waals surface area (Å²) in [4.78, 5) is 4.08. The van der Waals surface area contributed by atoms with Crippen molar-refractivity contribution in [3.8, 4) is 11.1 Å². The summed E-state index contributed by atoms with van der Waals surface area (Å²) in [6.45, 7) is -0.106. The minimum atomic E-state index is -0.106. The second-order valence-electron chi connectivity index (χ2n) is 3.15. The molecule has 2 aromatic rings. The first-order valence-electron chi connectivity index (χ1n) is 4.63. The van der Waals surface area contributed by atoms with Gasteiger partial charge in [-0.15, -0.1) is 0 Å². The van der Waals surface area contributed by atoms with Crippen LogP contribution in [-0.2, 0) is 6.61 Å². The van der Waals surface area contributed by atoms with Gasteiger partial charge in [-0.05, 0) is 17.7 Å². The lowest BCUT2D eigenvalue weighted by atomic mass is 10.0. The van der Waals surface area contributed by atoms with E-state index in [9.17, 15) is 5.11 Å². The zero-order valence-electron chi connectivity index (χ0n) is 8.02. The Bertz CT molecular complexity index is 456. The minimum absolute atomic E-state index is 0.106. The van der Waals surface area contributed by atoms with Crippen LogP contribution in [0.1, 0.15) is 5.69 Å². The smallest absolute Gasteiger partial charge is 0.129 e. The molecule has 0 unspecified atom stereocenters. The van der Waals surface area contributed by atoms with Crippen LogP contribution < -0.4 is 0 Å². The predicted octanol–water partition coefficient (Wildman–Crippen LogP) is 2.89. The molecule has 2 rings (SSSR count). The maximum absolute atomic E-state index is 9.18. The Morgan fingerprint density at radius 1 is 1.07 bits per heavy atom. The fraction of sp³-hybridized carbons (Fsp3) is 0.0833. The van der Waals surface area contributed by atoms with Gasteiger partial charge in [-0.3, -0.25) is 0 Å². The van der Waals surface area contributed by atoms with Crippen LogP contribution in [0.25, 0.3) is 11.1 Å². The fourth-order valence-corrected chi connectivity index (χ4v) is 1.64. The van der Waals surface area contributed by atoms with E-state index in [1.165, 1.54) is 0 Å². The van der Waals surface area contributed by atoms with Crippen molar-refractivity contribution in [2.24, 2.45) is 0 Å². The van der Waals surface area contributed by atoms with E-state index >= 15 is 0 Å². The van der Waals surface area contributed by atoms with Gasteiger partial charge >= 0.3 is 0 Å². The Morgan fingerprint density at radius 2 is 1.80 bits per heavy atom. The minimum Gasteiger partial charge on any atom is -0.390 e. The van der Waals surface area contributed by atoms with E-state index in [-0.39, 0.29) is 6.61 Å². The van der Waals surface area contributed by atoms with Crippen LogP contribution in [0, 0.1) is 0 Å². The van der Waals surface area contributed by atoms with Crippen LogP contribution in [0.3, 0.4) is 0 Å². The molecular weight excluding hydrogens is 210 g/mol. The Labute approximate surface area is 93.2 Å². The van der Waals surface area contributed by atoms with E-state index in [0.717, 1.165) is 11.1 Å². The highest BCUT2D eigenvalue weighted by Gasteiger charge is 2.05. The summed E-state index contributed by atoms with van der Waals surface area (Å²) in [5.41, 5.74) is 2.56. The molecule has 15 heavy (non-hydrogen) atoms. The number of benzene rings is 1. The van der Waals surface area contributed by atoms with Gasteiger partial charge in [0.15, 0.2) is 0 Å². The molecule has 1 aromatic carbocycles. The van der Waals surface area contributed by atoms with Crippen molar-refractivity contribution in [1.29, 1.82) is 0 Å². The van der Waals surface area contributed by atoms with Crippen molar-refractivity contribution in [1.82, 2.24) is 4.98 Å². The van der Waals surface area contributed by atoms with Gasteiger partial charge in [0, 0.05) is 5.56 Å². The van der Waals surface area contributed by atoms with Crippen molar-refractivity contribution < 1.29 is 5.11 Å². The molecule has 0 aliphatic heterocycles. The van der Waals surface area contributed by atoms with Gasteiger partial charge in [0.05, 0.1) is 12.3 Å². The summed E-state index contributed by atoms with van der Waals surface area (Å²) in [6.07, 6.45) is 0. The summed E-state index contributed by atoms with van der Waals surface area (Å²) >= 11 is 5.76. The lowest BCUT2D eigenvalue weighted by molar-refractivity contribution is 0.277. The van der Waals surface area contributed by atoms with Gasteiger partial charge in [-0.1, -0.05) is 41.9 Å². The molecule has 0 radical (unpaired) electrons. The van der Waals surface area contributed by atoms with Crippen molar-refractivity contribution in [2.75, 3.05) is 0 Å². The number of nitrogens with zero attached hydrogens (tertiary/aromatic N) is 1. The molecule has 0 saturated heterocycles. The van der Waals surface area contributed by atoms with Crippen LogP contribution >= 0.6 is 11.6 Å². The highest BCUT2D eigenvalue weighted by atomic mass is 35.5. The van der Waals surface area contributed by atoms with E-state index in [2.05, 4.69) is 4.98 Å². The zero-order chi connectivity index (χ0) is 10.7. The number of halogens is 1. The maximum atomic E-state index is 9.18. The first kappa shape index (κ1) is 10.1. The number of aliphatic hydroxyl groups excluding tert-OH is 1. The summed E-state index contributed by atoms with van der Waals surface area (Å²) in [7, 11) is 0. The van der Waals surface area contributed by atoms with Gasteiger partial charge in [0.25, 0.3) is 0 Å². The lowest BCUT2D eigenvalue weighted by Gasteiger charge is -2.06. The normalized spacial score (nSPS) is 10.3. The average molecular weight is 220 g/mol. The summed E-state index contributed by atoms with van der Waals surface area (Å²) in [6, 6.07) is 13.4. The predicted molar refractivity (Wildman–Crippen MR) is 60.6 cm³/mol. The maximum Gasteiger partial charge on any atom is 0.129 e. The lowest BCUT2D eigenvalue weighted by Crippen LogP contribution is -1.93. The number of hydrogen-bond donors (Lipinski definition) is 1. The highest BCUT2D eigenvalue weighted by molar-refractivity contribution is 6.29. The third-order valence-electron chi connectivity index (χ3n) is 2.17. The Balaban J connectivity index is 2.53. The number of aromatic nitrogens is 1. The Kier molecular flexibility index (Phi) is 2.99.